The Bertz CT molecular complexity index is 1570. The third-order valence-electron chi connectivity index (χ3n) is 10.6. The molecule has 1 heterocycles. The fraction of sp³-hybridized carbons (Fsp3) is 0.486. The highest BCUT2D eigenvalue weighted by Gasteiger charge is 2.63. The van der Waals surface area contributed by atoms with Crippen molar-refractivity contribution in [1.29, 1.82) is 0 Å². The maximum absolute atomic E-state index is 14.0. The molecule has 3 amide bonds. The molecule has 5 N–H and O–H groups in total. The summed E-state index contributed by atoms with van der Waals surface area (Å²) in [6.07, 6.45) is 3.60. The van der Waals surface area contributed by atoms with Crippen LogP contribution in [-0.4, -0.2) is 52.2 Å². The molecule has 0 spiro atoms. The number of nitrogens with one attached hydrogen (secondary N) is 4. The molecule has 2 saturated carbocycles. The van der Waals surface area contributed by atoms with Crippen molar-refractivity contribution in [1.82, 2.24) is 20.9 Å². The van der Waals surface area contributed by atoms with Gasteiger partial charge in [-0.05, 0) is 54.7 Å². The number of alkyl carbamates (subject to hydrolysis) is 1. The Balaban J connectivity index is 1.35. The summed E-state index contributed by atoms with van der Waals surface area (Å²) in [4.78, 5) is 54.4. The maximum Gasteiger partial charge on any atom is 0.408 e. The molecule has 1 unspecified atom stereocenters. The zero-order valence-corrected chi connectivity index (χ0v) is 26.4. The van der Waals surface area contributed by atoms with Gasteiger partial charge in [0, 0.05) is 41.9 Å². The maximum atomic E-state index is 14.0. The third kappa shape index (κ3) is 6.55. The monoisotopic (exact) mass is 616 g/mol. The minimum Gasteiger partial charge on any atom is -0.481 e. The molecule has 0 aliphatic heterocycles. The fourth-order valence-corrected chi connectivity index (χ4v) is 7.35. The summed E-state index contributed by atoms with van der Waals surface area (Å²) in [6.45, 7) is 8.41. The van der Waals surface area contributed by atoms with Gasteiger partial charge in [0.15, 0.2) is 0 Å². The number of carbonyl (C=O) groups is 4. The number of benzene rings is 2. The van der Waals surface area contributed by atoms with Gasteiger partial charge in [-0.3, -0.25) is 14.4 Å². The summed E-state index contributed by atoms with van der Waals surface area (Å²) >= 11 is 0. The van der Waals surface area contributed by atoms with Gasteiger partial charge in [-0.1, -0.05) is 69.3 Å². The minimum atomic E-state index is -1.40. The van der Waals surface area contributed by atoms with Crippen molar-refractivity contribution < 1.29 is 29.0 Å². The second-order valence-corrected chi connectivity index (χ2v) is 13.6. The van der Waals surface area contributed by atoms with Gasteiger partial charge >= 0.3 is 12.1 Å². The molecule has 2 aromatic carbocycles. The smallest absolute Gasteiger partial charge is 0.408 e. The number of aromatic amines is 1. The summed E-state index contributed by atoms with van der Waals surface area (Å²) in [6, 6.07) is 16.3. The van der Waals surface area contributed by atoms with Crippen LogP contribution in [0.5, 0.6) is 0 Å². The molecule has 2 aliphatic rings. The van der Waals surface area contributed by atoms with E-state index in [-0.39, 0.29) is 42.7 Å². The molecule has 1 aromatic heterocycles. The van der Waals surface area contributed by atoms with Gasteiger partial charge in [0.2, 0.25) is 11.8 Å². The van der Waals surface area contributed by atoms with E-state index in [0.717, 1.165) is 41.3 Å². The summed E-state index contributed by atoms with van der Waals surface area (Å²) in [5.74, 6) is -1.46. The van der Waals surface area contributed by atoms with Gasteiger partial charge in [-0.15, -0.1) is 0 Å². The molecule has 10 nitrogen and oxygen atoms in total. The lowest BCUT2D eigenvalue weighted by Gasteiger charge is -2.39. The van der Waals surface area contributed by atoms with Gasteiger partial charge in [-0.2, -0.15) is 0 Å². The highest BCUT2D eigenvalue weighted by Crippen LogP contribution is 2.66. The van der Waals surface area contributed by atoms with Crippen LogP contribution in [-0.2, 0) is 25.5 Å². The Morgan fingerprint density at radius 2 is 1.76 bits per heavy atom. The van der Waals surface area contributed by atoms with E-state index in [2.05, 4.69) is 41.7 Å². The first-order valence-corrected chi connectivity index (χ1v) is 15.7. The quantitative estimate of drug-likeness (QED) is 0.188. The Kier molecular flexibility index (Phi) is 8.96. The van der Waals surface area contributed by atoms with Gasteiger partial charge in [-0.25, -0.2) is 4.79 Å². The molecule has 5 atom stereocenters. The molecule has 240 valence electrons. The molecule has 0 radical (unpaired) electrons. The van der Waals surface area contributed by atoms with Crippen molar-refractivity contribution in [2.45, 2.75) is 83.9 Å². The zero-order valence-electron chi connectivity index (χ0n) is 26.4. The molecule has 5 rings (SSSR count). The average molecular weight is 617 g/mol. The van der Waals surface area contributed by atoms with E-state index in [9.17, 15) is 19.2 Å². The van der Waals surface area contributed by atoms with E-state index < -0.39 is 35.5 Å². The Labute approximate surface area is 263 Å². The van der Waals surface area contributed by atoms with Crippen molar-refractivity contribution in [2.75, 3.05) is 6.54 Å². The minimum absolute atomic E-state index is 0.0262. The van der Waals surface area contributed by atoms with E-state index in [0.29, 0.717) is 5.92 Å². The van der Waals surface area contributed by atoms with Crippen LogP contribution in [0.2, 0.25) is 0 Å². The van der Waals surface area contributed by atoms with Gasteiger partial charge in [0.1, 0.15) is 11.6 Å². The zero-order chi connectivity index (χ0) is 32.4. The second kappa shape index (κ2) is 12.6. The molecule has 3 aromatic rings. The van der Waals surface area contributed by atoms with Crippen molar-refractivity contribution in [3.05, 3.63) is 71.9 Å². The number of H-pyrrole nitrogens is 1. The highest BCUT2D eigenvalue weighted by molar-refractivity contribution is 5.91. The number of ether oxygens (including phenoxy) is 1. The van der Waals surface area contributed by atoms with Crippen LogP contribution in [0.15, 0.2) is 60.8 Å². The van der Waals surface area contributed by atoms with Crippen molar-refractivity contribution in [2.24, 2.45) is 16.7 Å². The first-order valence-electron chi connectivity index (χ1n) is 15.7. The molecule has 2 aliphatic carbocycles. The lowest BCUT2D eigenvalue weighted by atomic mass is 9.70. The predicted octanol–water partition coefficient (Wildman–Crippen LogP) is 5.25. The van der Waals surface area contributed by atoms with Crippen LogP contribution in [0.4, 0.5) is 4.79 Å². The first kappa shape index (κ1) is 32.1. The van der Waals surface area contributed by atoms with E-state index >= 15 is 0 Å². The largest absolute Gasteiger partial charge is 0.481 e. The molecule has 0 saturated heterocycles. The topological polar surface area (TPSA) is 150 Å². The lowest BCUT2D eigenvalue weighted by molar-refractivity contribution is -0.138. The molecular formula is C35H44N4O6. The van der Waals surface area contributed by atoms with Crippen LogP contribution >= 0.6 is 0 Å². The van der Waals surface area contributed by atoms with Crippen molar-refractivity contribution in [3.8, 4) is 0 Å². The normalized spacial score (nSPS) is 23.6. The number of hydrogen-bond acceptors (Lipinski definition) is 5. The molecular weight excluding hydrogens is 572 g/mol. The number of carbonyl (C=O) groups excluding carboxylic acids is 3. The fourth-order valence-electron chi connectivity index (χ4n) is 7.35. The Morgan fingerprint density at radius 1 is 1.04 bits per heavy atom. The summed E-state index contributed by atoms with van der Waals surface area (Å²) in [5, 5.41) is 18.7. The van der Waals surface area contributed by atoms with Crippen LogP contribution in [0.1, 0.15) is 77.0 Å². The second-order valence-electron chi connectivity index (χ2n) is 13.6. The SMILES string of the molecule is CC1(C)[C@H]2CCC1(C)[C@H](OC(=O)N[C@](C)(Cc1c[nH]c3ccccc13)C(=O)NC[C@@H](NC(=O)CCC(=O)O)c1ccccc1)C2. The molecule has 45 heavy (non-hydrogen) atoms. The van der Waals surface area contributed by atoms with Gasteiger partial charge in [0.05, 0.1) is 12.5 Å². The van der Waals surface area contributed by atoms with E-state index in [1.165, 1.54) is 0 Å². The first-order chi connectivity index (χ1) is 21.3. The summed E-state index contributed by atoms with van der Waals surface area (Å²) in [5.41, 5.74) is 1.06. The van der Waals surface area contributed by atoms with Crippen LogP contribution < -0.4 is 16.0 Å². The Hall–Kier alpha value is -4.34. The van der Waals surface area contributed by atoms with E-state index in [1.807, 2.05) is 60.8 Å². The third-order valence-corrected chi connectivity index (χ3v) is 10.6. The number of aliphatic carboxylic acids is 1. The molecule has 10 heteroatoms. The number of para-hydroxylation sites is 1. The highest BCUT2D eigenvalue weighted by atomic mass is 16.6. The Morgan fingerprint density at radius 3 is 2.42 bits per heavy atom. The average Bonchev–Trinajstić information content (AvgIpc) is 3.57. The summed E-state index contributed by atoms with van der Waals surface area (Å²) < 4.78 is 6.09. The molecule has 2 fully saturated rings. The number of aromatic nitrogens is 1. The number of amides is 3. The molecule has 2 bridgehead atoms. The number of carboxylic acid groups (broad SMARTS) is 1. The number of carboxylic acids is 1. The number of rotatable bonds is 12. The van der Waals surface area contributed by atoms with Crippen molar-refractivity contribution >= 4 is 34.8 Å². The van der Waals surface area contributed by atoms with Crippen LogP contribution in [0.3, 0.4) is 0 Å². The number of hydrogen-bond donors (Lipinski definition) is 5. The van der Waals surface area contributed by atoms with Crippen LogP contribution in [0, 0.1) is 16.7 Å². The summed E-state index contributed by atoms with van der Waals surface area (Å²) in [7, 11) is 0. The van der Waals surface area contributed by atoms with Crippen LogP contribution in [0.25, 0.3) is 10.9 Å². The lowest BCUT2D eigenvalue weighted by Crippen LogP contribution is -2.59. The predicted molar refractivity (Wildman–Crippen MR) is 170 cm³/mol. The van der Waals surface area contributed by atoms with Gasteiger partial charge < -0.3 is 30.8 Å². The van der Waals surface area contributed by atoms with E-state index in [1.54, 1.807) is 6.92 Å². The van der Waals surface area contributed by atoms with Crippen molar-refractivity contribution in [3.63, 3.8) is 0 Å². The standard InChI is InChI=1S/C35H44N4O6/c1-33(2)24-16-17-34(33,3)28(18-24)45-32(44)39-35(4,19-23-20-36-26-13-9-8-12-25(23)26)31(43)37-21-27(22-10-6-5-7-11-22)38-29(40)14-15-30(41)42/h5-13,20,24,27-28,36H,14-19,21H2,1-4H3,(H,37,43)(H,38,40)(H,39,44)(H,41,42)/t24-,27+,28+,34?,35+/m0/s1. The number of fused-ring (bicyclic) bond motifs is 3. The van der Waals surface area contributed by atoms with Gasteiger partial charge in [0.25, 0.3) is 0 Å². The van der Waals surface area contributed by atoms with E-state index in [4.69, 9.17) is 9.84 Å².